The molecule has 1 aliphatic heterocycles. The van der Waals surface area contributed by atoms with Gasteiger partial charge < -0.3 is 5.32 Å². The molecule has 1 amide bonds. The third kappa shape index (κ3) is 2.64. The number of alkyl halides is 2. The zero-order valence-electron chi connectivity index (χ0n) is 8.68. The van der Waals surface area contributed by atoms with Gasteiger partial charge in [0.25, 0.3) is 5.92 Å². The maximum atomic E-state index is 12.5. The summed E-state index contributed by atoms with van der Waals surface area (Å²) in [5.74, 6) is -2.79. The van der Waals surface area contributed by atoms with Crippen molar-refractivity contribution >= 4 is 5.91 Å². The molecule has 0 aliphatic carbocycles. The molecule has 1 saturated heterocycles. The van der Waals surface area contributed by atoms with Gasteiger partial charge >= 0.3 is 0 Å². The van der Waals surface area contributed by atoms with E-state index in [1.54, 1.807) is 6.92 Å². The van der Waals surface area contributed by atoms with Crippen LogP contribution in [-0.4, -0.2) is 41.9 Å². The van der Waals surface area contributed by atoms with Crippen LogP contribution in [0.15, 0.2) is 0 Å². The van der Waals surface area contributed by atoms with Crippen LogP contribution in [0.1, 0.15) is 20.8 Å². The maximum absolute atomic E-state index is 12.5. The molecular weight excluding hydrogens is 190 g/mol. The first kappa shape index (κ1) is 11.4. The number of likely N-dealkylation sites (tertiary alicyclic amines) is 1. The van der Waals surface area contributed by atoms with E-state index in [1.165, 1.54) is 4.90 Å². The van der Waals surface area contributed by atoms with E-state index >= 15 is 0 Å². The predicted molar refractivity (Wildman–Crippen MR) is 49.3 cm³/mol. The van der Waals surface area contributed by atoms with Crippen molar-refractivity contribution in [1.82, 2.24) is 10.2 Å². The van der Waals surface area contributed by atoms with E-state index in [-0.39, 0.29) is 25.0 Å². The van der Waals surface area contributed by atoms with Crippen LogP contribution in [0.25, 0.3) is 0 Å². The second-order valence-electron chi connectivity index (χ2n) is 4.10. The number of carbonyl (C=O) groups is 1. The average molecular weight is 206 g/mol. The molecule has 1 heterocycles. The highest BCUT2D eigenvalue weighted by atomic mass is 19.3. The van der Waals surface area contributed by atoms with Gasteiger partial charge in [-0.15, -0.1) is 0 Å². The lowest BCUT2D eigenvalue weighted by Crippen LogP contribution is -2.62. The van der Waals surface area contributed by atoms with Gasteiger partial charge in [-0.1, -0.05) is 0 Å². The van der Waals surface area contributed by atoms with Gasteiger partial charge in [0.15, 0.2) is 0 Å². The number of rotatable bonds is 3. The van der Waals surface area contributed by atoms with E-state index < -0.39 is 12.0 Å². The number of hydrogen-bond acceptors (Lipinski definition) is 2. The second kappa shape index (κ2) is 3.81. The van der Waals surface area contributed by atoms with Gasteiger partial charge in [-0.05, 0) is 20.8 Å². The Hall–Kier alpha value is -0.710. The number of nitrogens with one attached hydrogen (secondary N) is 1. The zero-order valence-corrected chi connectivity index (χ0v) is 8.68. The fraction of sp³-hybridized carbons (Fsp3) is 0.889. The predicted octanol–water partition coefficient (Wildman–Crippen LogP) is 0.850. The number of halogens is 2. The maximum Gasteiger partial charge on any atom is 0.272 e. The Bertz CT molecular complexity index is 223. The van der Waals surface area contributed by atoms with Crippen LogP contribution in [0.5, 0.6) is 0 Å². The van der Waals surface area contributed by atoms with Gasteiger partial charge in [0.05, 0.1) is 19.1 Å². The number of amides is 1. The topological polar surface area (TPSA) is 32.3 Å². The summed E-state index contributed by atoms with van der Waals surface area (Å²) >= 11 is 0. The minimum atomic E-state index is -2.60. The minimum absolute atomic E-state index is 0.0479. The molecule has 0 spiro atoms. The summed E-state index contributed by atoms with van der Waals surface area (Å²) in [7, 11) is 0. The Morgan fingerprint density at radius 3 is 2.21 bits per heavy atom. The van der Waals surface area contributed by atoms with Crippen molar-refractivity contribution < 1.29 is 13.6 Å². The number of hydrogen-bond donors (Lipinski definition) is 1. The molecular formula is C9H16F2N2O. The van der Waals surface area contributed by atoms with Crippen LogP contribution >= 0.6 is 0 Å². The SMILES string of the molecule is CC(C)NC(=O)C(C)N1CC(F)(F)C1. The summed E-state index contributed by atoms with van der Waals surface area (Å²) in [6.45, 7) is 4.72. The molecule has 0 saturated carbocycles. The Labute approximate surface area is 82.5 Å². The standard InChI is InChI=1S/C9H16F2N2O/c1-6(2)12-8(14)7(3)13-4-9(10,11)5-13/h6-7H,4-5H2,1-3H3,(H,12,14). The van der Waals surface area contributed by atoms with Crippen LogP contribution in [0, 0.1) is 0 Å². The fourth-order valence-electron chi connectivity index (χ4n) is 1.39. The van der Waals surface area contributed by atoms with E-state index in [4.69, 9.17) is 0 Å². The molecule has 1 unspecified atom stereocenters. The van der Waals surface area contributed by atoms with E-state index in [9.17, 15) is 13.6 Å². The van der Waals surface area contributed by atoms with Crippen molar-refractivity contribution in [3.05, 3.63) is 0 Å². The van der Waals surface area contributed by atoms with Crippen molar-refractivity contribution in [3.63, 3.8) is 0 Å². The molecule has 0 bridgehead atoms. The van der Waals surface area contributed by atoms with Gasteiger partial charge in [-0.3, -0.25) is 9.69 Å². The molecule has 0 radical (unpaired) electrons. The summed E-state index contributed by atoms with van der Waals surface area (Å²) in [5, 5.41) is 2.69. The normalized spacial score (nSPS) is 23.0. The molecule has 1 rings (SSSR count). The Morgan fingerprint density at radius 2 is 1.86 bits per heavy atom. The smallest absolute Gasteiger partial charge is 0.272 e. The van der Waals surface area contributed by atoms with Gasteiger partial charge in [0.2, 0.25) is 5.91 Å². The highest BCUT2D eigenvalue weighted by molar-refractivity contribution is 5.81. The molecule has 0 aromatic heterocycles. The third-order valence-corrected chi connectivity index (χ3v) is 2.23. The minimum Gasteiger partial charge on any atom is -0.353 e. The second-order valence-corrected chi connectivity index (χ2v) is 4.10. The Balaban J connectivity index is 2.36. The van der Waals surface area contributed by atoms with E-state index in [0.717, 1.165) is 0 Å². The molecule has 3 nitrogen and oxygen atoms in total. The number of carbonyl (C=O) groups excluding carboxylic acids is 1. The van der Waals surface area contributed by atoms with Crippen molar-refractivity contribution in [2.45, 2.75) is 38.8 Å². The molecule has 0 aromatic rings. The monoisotopic (exact) mass is 206 g/mol. The largest absolute Gasteiger partial charge is 0.353 e. The van der Waals surface area contributed by atoms with Crippen molar-refractivity contribution in [2.75, 3.05) is 13.1 Å². The van der Waals surface area contributed by atoms with Crippen LogP contribution in [0.4, 0.5) is 8.78 Å². The van der Waals surface area contributed by atoms with Gasteiger partial charge in [-0.2, -0.15) is 0 Å². The Kier molecular flexibility index (Phi) is 3.09. The zero-order chi connectivity index (χ0) is 10.9. The highest BCUT2D eigenvalue weighted by Gasteiger charge is 2.47. The lowest BCUT2D eigenvalue weighted by atomic mass is 10.1. The Morgan fingerprint density at radius 1 is 1.36 bits per heavy atom. The molecule has 14 heavy (non-hydrogen) atoms. The summed E-state index contributed by atoms with van der Waals surface area (Å²) in [5.41, 5.74) is 0. The number of nitrogens with zero attached hydrogens (tertiary/aromatic N) is 1. The van der Waals surface area contributed by atoms with Crippen LogP contribution < -0.4 is 5.32 Å². The molecule has 5 heteroatoms. The summed E-state index contributed by atoms with van der Waals surface area (Å²) < 4.78 is 25.0. The fourth-order valence-corrected chi connectivity index (χ4v) is 1.39. The van der Waals surface area contributed by atoms with Gasteiger partial charge in [0.1, 0.15) is 0 Å². The summed E-state index contributed by atoms with van der Waals surface area (Å²) in [6, 6.07) is -0.413. The van der Waals surface area contributed by atoms with E-state index in [0.29, 0.717) is 0 Å². The lowest BCUT2D eigenvalue weighted by molar-refractivity contribution is -0.156. The van der Waals surface area contributed by atoms with Crippen LogP contribution in [0.3, 0.4) is 0 Å². The lowest BCUT2D eigenvalue weighted by Gasteiger charge is -2.41. The summed E-state index contributed by atoms with van der Waals surface area (Å²) in [6.07, 6.45) is 0. The molecule has 1 N–H and O–H groups in total. The quantitative estimate of drug-likeness (QED) is 0.742. The van der Waals surface area contributed by atoms with E-state index in [2.05, 4.69) is 5.32 Å². The highest BCUT2D eigenvalue weighted by Crippen LogP contribution is 2.28. The molecule has 82 valence electrons. The van der Waals surface area contributed by atoms with Crippen molar-refractivity contribution in [1.29, 1.82) is 0 Å². The first-order valence-electron chi connectivity index (χ1n) is 4.74. The van der Waals surface area contributed by atoms with E-state index in [1.807, 2.05) is 13.8 Å². The molecule has 1 atom stereocenters. The molecule has 1 aliphatic rings. The molecule has 0 aromatic carbocycles. The van der Waals surface area contributed by atoms with Gasteiger partial charge in [-0.25, -0.2) is 8.78 Å². The first-order chi connectivity index (χ1) is 6.32. The van der Waals surface area contributed by atoms with Crippen LogP contribution in [0.2, 0.25) is 0 Å². The van der Waals surface area contributed by atoms with Crippen LogP contribution in [-0.2, 0) is 4.79 Å². The van der Waals surface area contributed by atoms with Crippen molar-refractivity contribution in [3.8, 4) is 0 Å². The average Bonchev–Trinajstić information content (AvgIpc) is 1.97. The summed E-state index contributed by atoms with van der Waals surface area (Å²) in [4.78, 5) is 12.9. The third-order valence-electron chi connectivity index (χ3n) is 2.23. The molecule has 1 fully saturated rings. The van der Waals surface area contributed by atoms with Gasteiger partial charge in [0, 0.05) is 6.04 Å². The first-order valence-corrected chi connectivity index (χ1v) is 4.74. The van der Waals surface area contributed by atoms with Crippen molar-refractivity contribution in [2.24, 2.45) is 0 Å².